The number of anilines is 1. The summed E-state index contributed by atoms with van der Waals surface area (Å²) in [6, 6.07) is 6.01. The smallest absolute Gasteiger partial charge is 0.135 e. The van der Waals surface area contributed by atoms with Gasteiger partial charge < -0.3 is 5.32 Å². The zero-order chi connectivity index (χ0) is 13.1. The van der Waals surface area contributed by atoms with E-state index < -0.39 is 0 Å². The van der Waals surface area contributed by atoms with Gasteiger partial charge in [-0.05, 0) is 31.9 Å². The van der Waals surface area contributed by atoms with Gasteiger partial charge >= 0.3 is 0 Å². The van der Waals surface area contributed by atoms with Crippen LogP contribution >= 0.6 is 11.8 Å². The fourth-order valence-electron chi connectivity index (χ4n) is 1.82. The van der Waals surface area contributed by atoms with Crippen LogP contribution in [0.5, 0.6) is 0 Å². The lowest BCUT2D eigenvalue weighted by Crippen LogP contribution is -2.03. The molecule has 2 aromatic rings. The predicted molar refractivity (Wildman–Crippen MR) is 76.5 cm³/mol. The average Bonchev–Trinajstić information content (AvgIpc) is 3.24. The molecule has 0 aromatic carbocycles. The molecule has 1 aliphatic carbocycles. The number of nitrogens with one attached hydrogen (secondary N) is 1. The van der Waals surface area contributed by atoms with E-state index in [1.807, 2.05) is 18.2 Å². The third kappa shape index (κ3) is 3.23. The number of nitrogens with zero attached hydrogens (tertiary/aromatic N) is 3. The highest BCUT2D eigenvalue weighted by atomic mass is 32.2. The Morgan fingerprint density at radius 3 is 2.74 bits per heavy atom. The molecular weight excluding hydrogens is 256 g/mol. The number of hydrogen-bond acceptors (Lipinski definition) is 5. The lowest BCUT2D eigenvalue weighted by molar-refractivity contribution is 0.876. The SMILES string of the molecule is CCNc1cc(Sc2ccncc2)nc(C2CC2)n1. The van der Waals surface area contributed by atoms with Gasteiger partial charge in [0.15, 0.2) is 0 Å². The molecule has 3 rings (SSSR count). The van der Waals surface area contributed by atoms with Gasteiger partial charge in [-0.3, -0.25) is 4.98 Å². The molecule has 5 heteroatoms. The van der Waals surface area contributed by atoms with Crippen LogP contribution in [0, 0.1) is 0 Å². The van der Waals surface area contributed by atoms with Crippen LogP contribution in [0.15, 0.2) is 40.5 Å². The van der Waals surface area contributed by atoms with Crippen LogP contribution in [0.3, 0.4) is 0 Å². The van der Waals surface area contributed by atoms with E-state index in [0.717, 1.165) is 28.1 Å². The number of pyridine rings is 1. The van der Waals surface area contributed by atoms with Gasteiger partial charge in [0.2, 0.25) is 0 Å². The molecule has 1 saturated carbocycles. The lowest BCUT2D eigenvalue weighted by atomic mass is 10.4. The molecular formula is C14H16N4S. The molecule has 19 heavy (non-hydrogen) atoms. The van der Waals surface area contributed by atoms with Gasteiger partial charge in [0, 0.05) is 35.8 Å². The predicted octanol–water partition coefficient (Wildman–Crippen LogP) is 3.33. The van der Waals surface area contributed by atoms with Crippen molar-refractivity contribution in [1.82, 2.24) is 15.0 Å². The Kier molecular flexibility index (Phi) is 3.64. The zero-order valence-corrected chi connectivity index (χ0v) is 11.7. The van der Waals surface area contributed by atoms with Crippen LogP contribution in [0.25, 0.3) is 0 Å². The van der Waals surface area contributed by atoms with E-state index in [1.54, 1.807) is 24.2 Å². The number of aromatic nitrogens is 3. The summed E-state index contributed by atoms with van der Waals surface area (Å²) in [5, 5.41) is 4.28. The molecule has 0 radical (unpaired) electrons. The molecule has 98 valence electrons. The maximum absolute atomic E-state index is 4.66. The van der Waals surface area contributed by atoms with E-state index in [0.29, 0.717) is 5.92 Å². The molecule has 2 aromatic heterocycles. The van der Waals surface area contributed by atoms with Gasteiger partial charge in [0.25, 0.3) is 0 Å². The van der Waals surface area contributed by atoms with Crippen LogP contribution in [-0.4, -0.2) is 21.5 Å². The highest BCUT2D eigenvalue weighted by Gasteiger charge is 2.27. The summed E-state index contributed by atoms with van der Waals surface area (Å²) in [5.74, 6) is 2.47. The second kappa shape index (κ2) is 5.57. The van der Waals surface area contributed by atoms with E-state index in [1.165, 1.54) is 12.8 Å². The fourth-order valence-corrected chi connectivity index (χ4v) is 2.63. The minimum Gasteiger partial charge on any atom is -0.370 e. The van der Waals surface area contributed by atoms with E-state index >= 15 is 0 Å². The first-order valence-corrected chi connectivity index (χ1v) is 7.37. The monoisotopic (exact) mass is 272 g/mol. The van der Waals surface area contributed by atoms with Crippen molar-refractivity contribution in [1.29, 1.82) is 0 Å². The van der Waals surface area contributed by atoms with Crippen molar-refractivity contribution in [3.8, 4) is 0 Å². The first-order valence-electron chi connectivity index (χ1n) is 6.56. The highest BCUT2D eigenvalue weighted by Crippen LogP contribution is 2.39. The third-order valence-electron chi connectivity index (χ3n) is 2.89. The minimum absolute atomic E-state index is 0.565. The standard InChI is InChI=1S/C14H16N4S/c1-2-16-12-9-13(18-14(17-12)10-3-4-10)19-11-5-7-15-8-6-11/h5-10H,2-4H2,1H3,(H,16,17,18). The molecule has 2 heterocycles. The van der Waals surface area contributed by atoms with Gasteiger partial charge in [-0.1, -0.05) is 11.8 Å². The number of hydrogen-bond donors (Lipinski definition) is 1. The van der Waals surface area contributed by atoms with Crippen LogP contribution in [0.1, 0.15) is 31.5 Å². The van der Waals surface area contributed by atoms with Crippen LogP contribution in [0.4, 0.5) is 5.82 Å². The quantitative estimate of drug-likeness (QED) is 0.846. The third-order valence-corrected chi connectivity index (χ3v) is 3.82. The van der Waals surface area contributed by atoms with E-state index in [9.17, 15) is 0 Å². The molecule has 0 aliphatic heterocycles. The van der Waals surface area contributed by atoms with Crippen molar-refractivity contribution < 1.29 is 0 Å². The van der Waals surface area contributed by atoms with Crippen molar-refractivity contribution in [3.63, 3.8) is 0 Å². The summed E-state index contributed by atoms with van der Waals surface area (Å²) in [6.07, 6.45) is 6.04. The summed E-state index contributed by atoms with van der Waals surface area (Å²) >= 11 is 1.66. The molecule has 0 saturated heterocycles. The van der Waals surface area contributed by atoms with Gasteiger partial charge in [-0.15, -0.1) is 0 Å². The molecule has 4 nitrogen and oxygen atoms in total. The van der Waals surface area contributed by atoms with E-state index in [4.69, 9.17) is 0 Å². The van der Waals surface area contributed by atoms with Crippen molar-refractivity contribution in [2.75, 3.05) is 11.9 Å². The molecule has 1 aliphatic rings. The zero-order valence-electron chi connectivity index (χ0n) is 10.8. The van der Waals surface area contributed by atoms with Gasteiger partial charge in [-0.25, -0.2) is 9.97 Å². The van der Waals surface area contributed by atoms with Crippen molar-refractivity contribution in [2.24, 2.45) is 0 Å². The van der Waals surface area contributed by atoms with Gasteiger partial charge in [0.05, 0.1) is 0 Å². The summed E-state index contributed by atoms with van der Waals surface area (Å²) < 4.78 is 0. The van der Waals surface area contributed by atoms with Crippen molar-refractivity contribution in [2.45, 2.75) is 35.6 Å². The normalized spacial score (nSPS) is 14.4. The summed E-state index contributed by atoms with van der Waals surface area (Å²) in [4.78, 5) is 14.4. The molecule has 0 bridgehead atoms. The maximum Gasteiger partial charge on any atom is 0.135 e. The Labute approximate surface area is 117 Å². The topological polar surface area (TPSA) is 50.7 Å². The molecule has 0 unspecified atom stereocenters. The Morgan fingerprint density at radius 1 is 1.26 bits per heavy atom. The first kappa shape index (κ1) is 12.4. The Hall–Kier alpha value is -1.62. The first-order chi connectivity index (χ1) is 9.35. The molecule has 1 N–H and O–H groups in total. The van der Waals surface area contributed by atoms with Crippen LogP contribution in [-0.2, 0) is 0 Å². The highest BCUT2D eigenvalue weighted by molar-refractivity contribution is 7.99. The number of rotatable bonds is 5. The summed E-state index contributed by atoms with van der Waals surface area (Å²) in [5.41, 5.74) is 0. The molecule has 0 spiro atoms. The van der Waals surface area contributed by atoms with Crippen LogP contribution < -0.4 is 5.32 Å². The van der Waals surface area contributed by atoms with Crippen molar-refractivity contribution >= 4 is 17.6 Å². The second-order valence-corrected chi connectivity index (χ2v) is 5.63. The second-order valence-electron chi connectivity index (χ2n) is 4.54. The Bertz CT molecular complexity index is 555. The van der Waals surface area contributed by atoms with Crippen LogP contribution in [0.2, 0.25) is 0 Å². The maximum atomic E-state index is 4.66. The molecule has 0 atom stereocenters. The minimum atomic E-state index is 0.565. The Morgan fingerprint density at radius 2 is 2.05 bits per heavy atom. The van der Waals surface area contributed by atoms with Gasteiger partial charge in [-0.2, -0.15) is 0 Å². The average molecular weight is 272 g/mol. The molecule has 0 amide bonds. The lowest BCUT2D eigenvalue weighted by Gasteiger charge is -2.08. The fraction of sp³-hybridized carbons (Fsp3) is 0.357. The van der Waals surface area contributed by atoms with Gasteiger partial charge in [0.1, 0.15) is 16.7 Å². The van der Waals surface area contributed by atoms with E-state index in [-0.39, 0.29) is 0 Å². The summed E-state index contributed by atoms with van der Waals surface area (Å²) in [6.45, 7) is 2.95. The largest absolute Gasteiger partial charge is 0.370 e. The molecule has 1 fully saturated rings. The van der Waals surface area contributed by atoms with Crippen molar-refractivity contribution in [3.05, 3.63) is 36.4 Å². The van der Waals surface area contributed by atoms with E-state index in [2.05, 4.69) is 27.2 Å². The summed E-state index contributed by atoms with van der Waals surface area (Å²) in [7, 11) is 0. The Balaban J connectivity index is 1.86.